The van der Waals surface area contributed by atoms with E-state index < -0.39 is 0 Å². The normalized spacial score (nSPS) is 10.6. The van der Waals surface area contributed by atoms with Crippen molar-refractivity contribution in [2.45, 2.75) is 24.7 Å². The number of benzene rings is 2. The van der Waals surface area contributed by atoms with Gasteiger partial charge in [-0.15, -0.1) is 23.1 Å². The standard InChI is InChI=1S/C22H24N2O3S2/c1-15-6-9-17(10-7-15)28-12-4-5-21(25)24-22-23-19(14-29-22)18-11-8-16(26-2)13-20(18)27-3/h6-11,13-14H,4-5,12H2,1-3H3,(H,23,24,25). The fourth-order valence-corrected chi connectivity index (χ4v) is 4.28. The number of carbonyl (C=O) groups is 1. The van der Waals surface area contributed by atoms with Crippen LogP contribution in [0, 0.1) is 6.92 Å². The van der Waals surface area contributed by atoms with Gasteiger partial charge in [0.1, 0.15) is 11.5 Å². The quantitative estimate of drug-likeness (QED) is 0.353. The van der Waals surface area contributed by atoms with Crippen LogP contribution in [0.4, 0.5) is 5.13 Å². The summed E-state index contributed by atoms with van der Waals surface area (Å²) >= 11 is 3.17. The second-order valence-corrected chi connectivity index (χ2v) is 8.44. The van der Waals surface area contributed by atoms with Gasteiger partial charge in [-0.05, 0) is 43.4 Å². The third-order valence-electron chi connectivity index (χ3n) is 4.27. The average Bonchev–Trinajstić information content (AvgIpc) is 3.20. The predicted molar refractivity (Wildman–Crippen MR) is 120 cm³/mol. The van der Waals surface area contributed by atoms with Crippen LogP contribution < -0.4 is 14.8 Å². The van der Waals surface area contributed by atoms with Crippen LogP contribution in [0.1, 0.15) is 18.4 Å². The molecular weight excluding hydrogens is 404 g/mol. The lowest BCUT2D eigenvalue weighted by Gasteiger charge is -2.08. The van der Waals surface area contributed by atoms with E-state index in [1.54, 1.807) is 26.0 Å². The van der Waals surface area contributed by atoms with Gasteiger partial charge in [-0.2, -0.15) is 0 Å². The minimum atomic E-state index is -0.0166. The van der Waals surface area contributed by atoms with Gasteiger partial charge in [0, 0.05) is 28.3 Å². The molecular formula is C22H24N2O3S2. The van der Waals surface area contributed by atoms with Crippen molar-refractivity contribution in [3.05, 3.63) is 53.4 Å². The van der Waals surface area contributed by atoms with Crippen LogP contribution in [0.25, 0.3) is 11.3 Å². The Morgan fingerprint density at radius 3 is 2.66 bits per heavy atom. The van der Waals surface area contributed by atoms with E-state index in [2.05, 4.69) is 41.5 Å². The number of rotatable bonds is 9. The van der Waals surface area contributed by atoms with Gasteiger partial charge in [0.25, 0.3) is 0 Å². The van der Waals surface area contributed by atoms with E-state index in [1.807, 2.05) is 23.6 Å². The molecule has 0 unspecified atom stereocenters. The predicted octanol–water partition coefficient (Wildman–Crippen LogP) is 5.65. The molecule has 7 heteroatoms. The van der Waals surface area contributed by atoms with Crippen LogP contribution >= 0.6 is 23.1 Å². The topological polar surface area (TPSA) is 60.5 Å². The smallest absolute Gasteiger partial charge is 0.226 e. The zero-order valence-electron chi connectivity index (χ0n) is 16.7. The Kier molecular flexibility index (Phi) is 7.55. The van der Waals surface area contributed by atoms with Crippen molar-refractivity contribution in [1.82, 2.24) is 4.98 Å². The van der Waals surface area contributed by atoms with Crippen molar-refractivity contribution in [2.24, 2.45) is 0 Å². The van der Waals surface area contributed by atoms with E-state index in [0.29, 0.717) is 17.3 Å². The summed E-state index contributed by atoms with van der Waals surface area (Å²) in [4.78, 5) is 18.0. The van der Waals surface area contributed by atoms with Crippen LogP contribution in [-0.2, 0) is 4.79 Å². The summed E-state index contributed by atoms with van der Waals surface area (Å²) in [6.07, 6.45) is 1.29. The first-order valence-electron chi connectivity index (χ1n) is 9.26. The summed E-state index contributed by atoms with van der Waals surface area (Å²) in [5, 5.41) is 5.39. The highest BCUT2D eigenvalue weighted by Gasteiger charge is 2.12. The first-order valence-corrected chi connectivity index (χ1v) is 11.1. The van der Waals surface area contributed by atoms with E-state index in [9.17, 15) is 4.79 Å². The molecule has 0 aliphatic heterocycles. The summed E-state index contributed by atoms with van der Waals surface area (Å²) in [5.41, 5.74) is 2.88. The van der Waals surface area contributed by atoms with Gasteiger partial charge in [-0.3, -0.25) is 4.79 Å². The molecule has 0 radical (unpaired) electrons. The lowest BCUT2D eigenvalue weighted by atomic mass is 10.1. The van der Waals surface area contributed by atoms with Crippen molar-refractivity contribution in [2.75, 3.05) is 25.3 Å². The maximum absolute atomic E-state index is 12.2. The first kappa shape index (κ1) is 21.2. The molecule has 0 aliphatic carbocycles. The fraction of sp³-hybridized carbons (Fsp3) is 0.273. The molecule has 0 spiro atoms. The molecule has 0 fully saturated rings. The lowest BCUT2D eigenvalue weighted by Crippen LogP contribution is -2.11. The number of nitrogens with zero attached hydrogens (tertiary/aromatic N) is 1. The number of anilines is 1. The molecule has 29 heavy (non-hydrogen) atoms. The Bertz CT molecular complexity index is 955. The SMILES string of the molecule is COc1ccc(-c2csc(NC(=O)CCCSc3ccc(C)cc3)n2)c(OC)c1. The van der Waals surface area contributed by atoms with Gasteiger partial charge < -0.3 is 14.8 Å². The highest BCUT2D eigenvalue weighted by Crippen LogP contribution is 2.34. The molecule has 5 nitrogen and oxygen atoms in total. The maximum atomic E-state index is 12.2. The second kappa shape index (κ2) is 10.3. The van der Waals surface area contributed by atoms with Gasteiger partial charge in [0.15, 0.2) is 5.13 Å². The number of carbonyl (C=O) groups excluding carboxylic acids is 1. The summed E-state index contributed by atoms with van der Waals surface area (Å²) in [6.45, 7) is 2.08. The molecule has 1 amide bonds. The zero-order valence-corrected chi connectivity index (χ0v) is 18.4. The Hall–Kier alpha value is -2.51. The molecule has 1 aromatic heterocycles. The number of hydrogen-bond donors (Lipinski definition) is 1. The number of amides is 1. The number of methoxy groups -OCH3 is 2. The van der Waals surface area contributed by atoms with Crippen molar-refractivity contribution in [1.29, 1.82) is 0 Å². The number of thiazole rings is 1. The fourth-order valence-electron chi connectivity index (χ4n) is 2.70. The van der Waals surface area contributed by atoms with Gasteiger partial charge in [0.05, 0.1) is 19.9 Å². The Morgan fingerprint density at radius 1 is 1.14 bits per heavy atom. The van der Waals surface area contributed by atoms with Gasteiger partial charge in [-0.1, -0.05) is 17.7 Å². The third kappa shape index (κ3) is 5.98. The molecule has 0 saturated carbocycles. The number of hydrogen-bond acceptors (Lipinski definition) is 6. The molecule has 152 valence electrons. The van der Waals surface area contributed by atoms with Crippen LogP contribution in [0.3, 0.4) is 0 Å². The van der Waals surface area contributed by atoms with Gasteiger partial charge >= 0.3 is 0 Å². The second-order valence-electron chi connectivity index (χ2n) is 6.42. The number of thioether (sulfide) groups is 1. The highest BCUT2D eigenvalue weighted by molar-refractivity contribution is 7.99. The molecule has 1 heterocycles. The number of aryl methyl sites for hydroxylation is 1. The minimum Gasteiger partial charge on any atom is -0.497 e. The molecule has 3 rings (SSSR count). The van der Waals surface area contributed by atoms with E-state index in [1.165, 1.54) is 21.8 Å². The zero-order chi connectivity index (χ0) is 20.6. The Morgan fingerprint density at radius 2 is 1.93 bits per heavy atom. The highest BCUT2D eigenvalue weighted by atomic mass is 32.2. The van der Waals surface area contributed by atoms with Gasteiger partial charge in [0.2, 0.25) is 5.91 Å². The summed E-state index contributed by atoms with van der Waals surface area (Å²) < 4.78 is 10.7. The van der Waals surface area contributed by atoms with Gasteiger partial charge in [-0.25, -0.2) is 4.98 Å². The molecule has 0 saturated heterocycles. The van der Waals surface area contributed by atoms with Crippen molar-refractivity contribution >= 4 is 34.1 Å². The first-order chi connectivity index (χ1) is 14.1. The summed E-state index contributed by atoms with van der Waals surface area (Å²) in [6, 6.07) is 14.0. The number of nitrogens with one attached hydrogen (secondary N) is 1. The van der Waals surface area contributed by atoms with Crippen LogP contribution in [0.15, 0.2) is 52.7 Å². The molecule has 0 atom stereocenters. The van der Waals surface area contributed by atoms with E-state index >= 15 is 0 Å². The lowest BCUT2D eigenvalue weighted by molar-refractivity contribution is -0.116. The molecule has 3 aromatic rings. The number of ether oxygens (including phenoxy) is 2. The largest absolute Gasteiger partial charge is 0.497 e. The number of aromatic nitrogens is 1. The van der Waals surface area contributed by atoms with E-state index in [4.69, 9.17) is 9.47 Å². The Labute approximate surface area is 179 Å². The van der Waals surface area contributed by atoms with Crippen LogP contribution in [0.2, 0.25) is 0 Å². The van der Waals surface area contributed by atoms with E-state index in [0.717, 1.165) is 29.2 Å². The monoisotopic (exact) mass is 428 g/mol. The van der Waals surface area contributed by atoms with Crippen molar-refractivity contribution < 1.29 is 14.3 Å². The Balaban J connectivity index is 1.50. The minimum absolute atomic E-state index is 0.0166. The molecule has 2 aromatic carbocycles. The van der Waals surface area contributed by atoms with Crippen LogP contribution in [-0.4, -0.2) is 30.9 Å². The maximum Gasteiger partial charge on any atom is 0.226 e. The molecule has 0 aliphatic rings. The average molecular weight is 429 g/mol. The van der Waals surface area contributed by atoms with Crippen molar-refractivity contribution in [3.63, 3.8) is 0 Å². The van der Waals surface area contributed by atoms with Crippen molar-refractivity contribution in [3.8, 4) is 22.8 Å². The molecule has 1 N–H and O–H groups in total. The summed E-state index contributed by atoms with van der Waals surface area (Å²) in [7, 11) is 3.23. The summed E-state index contributed by atoms with van der Waals surface area (Å²) in [5.74, 6) is 2.29. The van der Waals surface area contributed by atoms with Crippen LogP contribution in [0.5, 0.6) is 11.5 Å². The molecule has 0 bridgehead atoms. The van der Waals surface area contributed by atoms with E-state index in [-0.39, 0.29) is 5.91 Å². The third-order valence-corrected chi connectivity index (χ3v) is 6.13.